The fourth-order valence-electron chi connectivity index (χ4n) is 0.961. The number of fused-ring (bicyclic) bond motifs is 1. The van der Waals surface area contributed by atoms with Crippen LogP contribution >= 0.6 is 34.2 Å². The van der Waals surface area contributed by atoms with Gasteiger partial charge in [-0.1, -0.05) is 0 Å². The molecule has 12 heavy (non-hydrogen) atoms. The first kappa shape index (κ1) is 8.06. The summed E-state index contributed by atoms with van der Waals surface area (Å²) in [5.74, 6) is 0.401. The lowest BCUT2D eigenvalue weighted by Crippen LogP contribution is -2.01. The van der Waals surface area contributed by atoms with Crippen LogP contribution in [0.5, 0.6) is 0 Å². The second-order valence-electron chi connectivity index (χ2n) is 2.22. The van der Waals surface area contributed by atoms with Gasteiger partial charge in [0.05, 0.1) is 0 Å². The lowest BCUT2D eigenvalue weighted by atomic mass is 10.5. The smallest absolute Gasteiger partial charge is 0.243 e. The van der Waals surface area contributed by atoms with Crippen molar-refractivity contribution >= 4 is 45.5 Å². The third-order valence-corrected chi connectivity index (χ3v) is 2.44. The standard InChI is InChI=1S/C6H4ClIN4/c7-6-10-5(9)3-1-2-4(8)12(3)11-6/h1-2H,(H2,9,10,11). The molecule has 0 aliphatic rings. The molecule has 0 aliphatic heterocycles. The van der Waals surface area contributed by atoms with Gasteiger partial charge in [0.25, 0.3) is 0 Å². The van der Waals surface area contributed by atoms with E-state index in [0.717, 1.165) is 9.22 Å². The Hall–Kier alpha value is -0.560. The molecular formula is C6H4ClIN4. The summed E-state index contributed by atoms with van der Waals surface area (Å²) >= 11 is 7.77. The van der Waals surface area contributed by atoms with Crippen molar-refractivity contribution in [2.24, 2.45) is 0 Å². The molecule has 0 aliphatic carbocycles. The summed E-state index contributed by atoms with van der Waals surface area (Å²) in [6.45, 7) is 0. The van der Waals surface area contributed by atoms with Gasteiger partial charge in [0.1, 0.15) is 9.22 Å². The van der Waals surface area contributed by atoms with Crippen LogP contribution < -0.4 is 5.73 Å². The molecule has 0 unspecified atom stereocenters. The monoisotopic (exact) mass is 294 g/mol. The van der Waals surface area contributed by atoms with Crippen molar-refractivity contribution in [2.75, 3.05) is 5.73 Å². The summed E-state index contributed by atoms with van der Waals surface area (Å²) in [5, 5.41) is 4.14. The van der Waals surface area contributed by atoms with Crippen molar-refractivity contribution in [3.63, 3.8) is 0 Å². The van der Waals surface area contributed by atoms with Crippen LogP contribution in [0.4, 0.5) is 5.82 Å². The number of nitrogens with zero attached hydrogens (tertiary/aromatic N) is 3. The number of nitrogen functional groups attached to an aromatic ring is 1. The van der Waals surface area contributed by atoms with E-state index < -0.39 is 0 Å². The molecule has 4 nitrogen and oxygen atoms in total. The third kappa shape index (κ3) is 1.13. The van der Waals surface area contributed by atoms with Gasteiger partial charge in [0, 0.05) is 0 Å². The highest BCUT2D eigenvalue weighted by atomic mass is 127. The first-order valence-electron chi connectivity index (χ1n) is 3.15. The van der Waals surface area contributed by atoms with E-state index in [1.807, 2.05) is 12.1 Å². The summed E-state index contributed by atoms with van der Waals surface area (Å²) in [7, 11) is 0. The fraction of sp³-hybridized carbons (Fsp3) is 0. The highest BCUT2D eigenvalue weighted by molar-refractivity contribution is 14.1. The van der Waals surface area contributed by atoms with Crippen LogP contribution in [0.3, 0.4) is 0 Å². The summed E-state index contributed by atoms with van der Waals surface area (Å²) < 4.78 is 2.62. The average molecular weight is 294 g/mol. The normalized spacial score (nSPS) is 10.8. The van der Waals surface area contributed by atoms with Crippen molar-refractivity contribution in [1.29, 1.82) is 0 Å². The Kier molecular flexibility index (Phi) is 1.84. The van der Waals surface area contributed by atoms with Gasteiger partial charge in [-0.05, 0) is 46.3 Å². The quantitative estimate of drug-likeness (QED) is 0.750. The maximum Gasteiger partial charge on any atom is 0.243 e. The highest BCUT2D eigenvalue weighted by Crippen LogP contribution is 2.16. The number of hydrogen-bond acceptors (Lipinski definition) is 3. The Labute approximate surface area is 86.9 Å². The SMILES string of the molecule is Nc1nc(Cl)nn2c(I)ccc12. The largest absolute Gasteiger partial charge is 0.382 e. The number of halogens is 2. The number of aromatic nitrogens is 3. The Morgan fingerprint density at radius 1 is 1.50 bits per heavy atom. The molecule has 0 spiro atoms. The van der Waals surface area contributed by atoms with Gasteiger partial charge in [-0.2, -0.15) is 4.98 Å². The van der Waals surface area contributed by atoms with Gasteiger partial charge >= 0.3 is 0 Å². The second kappa shape index (κ2) is 2.74. The van der Waals surface area contributed by atoms with Crippen molar-refractivity contribution in [3.8, 4) is 0 Å². The molecule has 2 aromatic heterocycles. The van der Waals surface area contributed by atoms with Crippen LogP contribution in [-0.4, -0.2) is 14.6 Å². The van der Waals surface area contributed by atoms with Gasteiger partial charge in [-0.25, -0.2) is 4.52 Å². The third-order valence-electron chi connectivity index (χ3n) is 1.47. The van der Waals surface area contributed by atoms with Crippen molar-refractivity contribution in [3.05, 3.63) is 21.1 Å². The van der Waals surface area contributed by atoms with Crippen LogP contribution in [0.2, 0.25) is 5.28 Å². The van der Waals surface area contributed by atoms with E-state index in [1.54, 1.807) is 4.52 Å². The minimum Gasteiger partial charge on any atom is -0.382 e. The number of anilines is 1. The van der Waals surface area contributed by atoms with E-state index in [0.29, 0.717) is 5.82 Å². The molecule has 2 aromatic rings. The van der Waals surface area contributed by atoms with Crippen LogP contribution in [0.25, 0.3) is 5.52 Å². The number of hydrogen-bond donors (Lipinski definition) is 1. The van der Waals surface area contributed by atoms with Crippen molar-refractivity contribution in [2.45, 2.75) is 0 Å². The average Bonchev–Trinajstić information content (AvgIpc) is 2.33. The molecule has 2 heterocycles. The van der Waals surface area contributed by atoms with Crippen LogP contribution in [0, 0.1) is 3.70 Å². The lowest BCUT2D eigenvalue weighted by Gasteiger charge is -1.98. The van der Waals surface area contributed by atoms with E-state index in [1.165, 1.54) is 0 Å². The molecule has 0 radical (unpaired) electrons. The fourth-order valence-corrected chi connectivity index (χ4v) is 1.68. The molecule has 0 amide bonds. The molecule has 6 heteroatoms. The Morgan fingerprint density at radius 2 is 2.25 bits per heavy atom. The summed E-state index contributed by atoms with van der Waals surface area (Å²) in [4.78, 5) is 3.82. The van der Waals surface area contributed by atoms with Gasteiger partial charge in [-0.15, -0.1) is 5.10 Å². The molecular weight excluding hydrogens is 290 g/mol. The molecule has 62 valence electrons. The molecule has 0 aromatic carbocycles. The molecule has 0 atom stereocenters. The first-order valence-corrected chi connectivity index (χ1v) is 4.60. The Bertz CT molecular complexity index is 438. The predicted molar refractivity (Wildman–Crippen MR) is 55.1 cm³/mol. The van der Waals surface area contributed by atoms with E-state index in [4.69, 9.17) is 17.3 Å². The molecule has 0 fully saturated rings. The van der Waals surface area contributed by atoms with E-state index in [9.17, 15) is 0 Å². The van der Waals surface area contributed by atoms with Crippen LogP contribution in [0.15, 0.2) is 12.1 Å². The summed E-state index contributed by atoms with van der Waals surface area (Å²) in [6, 6.07) is 3.75. The predicted octanol–water partition coefficient (Wildman–Crippen LogP) is 1.57. The van der Waals surface area contributed by atoms with E-state index in [-0.39, 0.29) is 5.28 Å². The number of rotatable bonds is 0. The van der Waals surface area contributed by atoms with Crippen LogP contribution in [-0.2, 0) is 0 Å². The highest BCUT2D eigenvalue weighted by Gasteiger charge is 2.05. The van der Waals surface area contributed by atoms with Crippen molar-refractivity contribution in [1.82, 2.24) is 14.6 Å². The molecule has 2 rings (SSSR count). The molecule has 0 saturated carbocycles. The van der Waals surface area contributed by atoms with E-state index >= 15 is 0 Å². The van der Waals surface area contributed by atoms with Gasteiger partial charge in [0.15, 0.2) is 5.82 Å². The minimum absolute atomic E-state index is 0.161. The molecule has 0 bridgehead atoms. The maximum absolute atomic E-state index is 5.63. The zero-order valence-electron chi connectivity index (χ0n) is 5.83. The maximum atomic E-state index is 5.63. The summed E-state index contributed by atoms with van der Waals surface area (Å²) in [5.41, 5.74) is 6.39. The minimum atomic E-state index is 0.161. The van der Waals surface area contributed by atoms with E-state index in [2.05, 4.69) is 32.7 Å². The van der Waals surface area contributed by atoms with Gasteiger partial charge in [-0.3, -0.25) is 0 Å². The van der Waals surface area contributed by atoms with Gasteiger partial charge < -0.3 is 5.73 Å². The van der Waals surface area contributed by atoms with Crippen LogP contribution in [0.1, 0.15) is 0 Å². The Morgan fingerprint density at radius 3 is 3.00 bits per heavy atom. The summed E-state index contributed by atoms with van der Waals surface area (Å²) in [6.07, 6.45) is 0. The Balaban J connectivity index is 2.92. The molecule has 0 saturated heterocycles. The topological polar surface area (TPSA) is 56.2 Å². The zero-order chi connectivity index (χ0) is 8.72. The molecule has 2 N–H and O–H groups in total. The van der Waals surface area contributed by atoms with Gasteiger partial charge in [0.2, 0.25) is 5.28 Å². The zero-order valence-corrected chi connectivity index (χ0v) is 8.74. The van der Waals surface area contributed by atoms with Crippen molar-refractivity contribution < 1.29 is 0 Å². The number of nitrogens with two attached hydrogens (primary N) is 1. The lowest BCUT2D eigenvalue weighted by molar-refractivity contribution is 0.888. The second-order valence-corrected chi connectivity index (χ2v) is 3.66. The first-order chi connectivity index (χ1) is 5.68.